The highest BCUT2D eigenvalue weighted by Crippen LogP contribution is 2.12. The molecule has 0 bridgehead atoms. The molecule has 0 unspecified atom stereocenters. The Labute approximate surface area is 148 Å². The first-order chi connectivity index (χ1) is 11.7. The Morgan fingerprint density at radius 1 is 1.08 bits per heavy atom. The molecule has 0 radical (unpaired) electrons. The Kier molecular flexibility index (Phi) is 5.32. The van der Waals surface area contributed by atoms with Crippen LogP contribution in [-0.2, 0) is 6.42 Å². The first-order valence-corrected chi connectivity index (χ1v) is 8.40. The molecule has 0 aliphatic carbocycles. The van der Waals surface area contributed by atoms with Gasteiger partial charge < -0.3 is 5.32 Å². The zero-order chi connectivity index (χ0) is 16.8. The van der Waals surface area contributed by atoms with Crippen molar-refractivity contribution < 1.29 is 4.79 Å². The molecule has 1 amide bonds. The third-order valence-electron chi connectivity index (χ3n) is 3.44. The molecule has 3 rings (SSSR count). The molecule has 2 aromatic carbocycles. The number of nitrogens with one attached hydrogen (secondary N) is 1. The van der Waals surface area contributed by atoms with Crippen molar-refractivity contribution in [3.63, 3.8) is 0 Å². The number of benzene rings is 2. The Bertz CT molecular complexity index is 801. The summed E-state index contributed by atoms with van der Waals surface area (Å²) in [5.41, 5.74) is 2.00. The second kappa shape index (κ2) is 7.83. The fourth-order valence-corrected chi connectivity index (χ4v) is 2.47. The fourth-order valence-electron chi connectivity index (χ4n) is 2.21. The largest absolute Gasteiger partial charge is 0.349 e. The maximum atomic E-state index is 12.1. The van der Waals surface area contributed by atoms with Crippen molar-refractivity contribution >= 4 is 21.8 Å². The molecule has 1 heterocycles. The molecule has 0 spiro atoms. The summed E-state index contributed by atoms with van der Waals surface area (Å²) in [5, 5.41) is 14.7. The van der Waals surface area contributed by atoms with Crippen molar-refractivity contribution in [2.45, 2.75) is 12.8 Å². The number of carbonyl (C=O) groups excluding carboxylic acids is 1. The highest BCUT2D eigenvalue weighted by atomic mass is 79.9. The Morgan fingerprint density at radius 3 is 2.58 bits per heavy atom. The van der Waals surface area contributed by atoms with E-state index >= 15 is 0 Å². The van der Waals surface area contributed by atoms with E-state index in [0.717, 1.165) is 23.0 Å². The van der Waals surface area contributed by atoms with Gasteiger partial charge in [-0.05, 0) is 47.9 Å². The minimum absolute atomic E-state index is 0.0672. The summed E-state index contributed by atoms with van der Waals surface area (Å²) in [6, 6.07) is 17.6. The minimum atomic E-state index is -0.313. The van der Waals surface area contributed by atoms with Gasteiger partial charge in [-0.2, -0.15) is 0 Å². The number of aryl methyl sites for hydroxylation is 1. The molecule has 24 heavy (non-hydrogen) atoms. The summed E-state index contributed by atoms with van der Waals surface area (Å²) in [6.07, 6.45) is 1.77. The summed E-state index contributed by atoms with van der Waals surface area (Å²) in [5.74, 6) is -0.246. The van der Waals surface area contributed by atoms with Crippen LogP contribution in [0.2, 0.25) is 0 Å². The number of aromatic nitrogens is 4. The van der Waals surface area contributed by atoms with Crippen molar-refractivity contribution in [1.29, 1.82) is 0 Å². The number of tetrazole rings is 1. The van der Waals surface area contributed by atoms with Crippen LogP contribution in [0, 0.1) is 0 Å². The van der Waals surface area contributed by atoms with Gasteiger partial charge in [-0.3, -0.25) is 4.79 Å². The van der Waals surface area contributed by atoms with Gasteiger partial charge in [0.15, 0.2) is 0 Å². The van der Waals surface area contributed by atoms with Crippen molar-refractivity contribution in [1.82, 2.24) is 25.5 Å². The average Bonchev–Trinajstić information content (AvgIpc) is 3.10. The number of halogens is 1. The standard InChI is InChI=1S/C17H16BrN5O/c18-14-8-10-15(11-9-14)23-21-16(20-22-23)17(24)19-12-4-7-13-5-2-1-3-6-13/h1-3,5-6,8-11H,4,7,12H2,(H,19,24). The van der Waals surface area contributed by atoms with Crippen molar-refractivity contribution in [2.24, 2.45) is 0 Å². The van der Waals surface area contributed by atoms with Crippen LogP contribution in [0.4, 0.5) is 0 Å². The summed E-state index contributed by atoms with van der Waals surface area (Å²) < 4.78 is 0.961. The lowest BCUT2D eigenvalue weighted by Gasteiger charge is -2.02. The van der Waals surface area contributed by atoms with Crippen molar-refractivity contribution in [2.75, 3.05) is 6.54 Å². The van der Waals surface area contributed by atoms with E-state index in [1.807, 2.05) is 42.5 Å². The van der Waals surface area contributed by atoms with E-state index in [9.17, 15) is 4.79 Å². The Morgan fingerprint density at radius 2 is 1.83 bits per heavy atom. The molecule has 0 saturated heterocycles. The van der Waals surface area contributed by atoms with Crippen LogP contribution >= 0.6 is 15.9 Å². The Hall–Kier alpha value is -2.54. The quantitative estimate of drug-likeness (QED) is 0.662. The lowest BCUT2D eigenvalue weighted by atomic mass is 10.1. The van der Waals surface area contributed by atoms with Gasteiger partial charge in [0.05, 0.1) is 5.69 Å². The van der Waals surface area contributed by atoms with E-state index in [2.05, 4.69) is 48.8 Å². The van der Waals surface area contributed by atoms with Crippen LogP contribution in [0.3, 0.4) is 0 Å². The van der Waals surface area contributed by atoms with Crippen molar-refractivity contribution in [3.8, 4) is 5.69 Å². The van der Waals surface area contributed by atoms with E-state index in [0.29, 0.717) is 6.54 Å². The summed E-state index contributed by atoms with van der Waals surface area (Å²) in [7, 11) is 0. The molecule has 0 aliphatic heterocycles. The van der Waals surface area contributed by atoms with Crippen molar-refractivity contribution in [3.05, 3.63) is 70.5 Å². The number of hydrogen-bond donors (Lipinski definition) is 1. The molecule has 0 aliphatic rings. The van der Waals surface area contributed by atoms with E-state index in [1.54, 1.807) is 0 Å². The van der Waals surface area contributed by atoms with Crippen LogP contribution in [0.5, 0.6) is 0 Å². The average molecular weight is 386 g/mol. The van der Waals surface area contributed by atoms with Gasteiger partial charge >= 0.3 is 0 Å². The van der Waals surface area contributed by atoms with Gasteiger partial charge in [0.2, 0.25) is 0 Å². The van der Waals surface area contributed by atoms with E-state index in [-0.39, 0.29) is 11.7 Å². The number of nitrogens with zero attached hydrogens (tertiary/aromatic N) is 4. The van der Waals surface area contributed by atoms with Gasteiger partial charge in [0.25, 0.3) is 11.7 Å². The predicted octanol–water partition coefficient (Wildman–Crippen LogP) is 2.79. The molecule has 0 atom stereocenters. The molecular weight excluding hydrogens is 370 g/mol. The van der Waals surface area contributed by atoms with E-state index in [1.165, 1.54) is 10.4 Å². The third-order valence-corrected chi connectivity index (χ3v) is 3.97. The lowest BCUT2D eigenvalue weighted by Crippen LogP contribution is -2.26. The third kappa shape index (κ3) is 4.26. The fraction of sp³-hybridized carbons (Fsp3) is 0.176. The molecule has 1 aromatic heterocycles. The molecule has 3 aromatic rings. The number of rotatable bonds is 6. The number of carbonyl (C=O) groups is 1. The second-order valence-electron chi connectivity index (χ2n) is 5.22. The predicted molar refractivity (Wildman–Crippen MR) is 94.0 cm³/mol. The summed E-state index contributed by atoms with van der Waals surface area (Å²) >= 11 is 3.37. The maximum absolute atomic E-state index is 12.1. The van der Waals surface area contributed by atoms with Crippen LogP contribution in [-0.4, -0.2) is 32.7 Å². The van der Waals surface area contributed by atoms with Gasteiger partial charge in [-0.1, -0.05) is 46.3 Å². The molecule has 7 heteroatoms. The second-order valence-corrected chi connectivity index (χ2v) is 6.14. The first-order valence-electron chi connectivity index (χ1n) is 7.60. The van der Waals surface area contributed by atoms with Gasteiger partial charge in [0, 0.05) is 11.0 Å². The number of hydrogen-bond acceptors (Lipinski definition) is 4. The first kappa shape index (κ1) is 16.3. The van der Waals surface area contributed by atoms with E-state index < -0.39 is 0 Å². The molecular formula is C17H16BrN5O. The summed E-state index contributed by atoms with van der Waals surface area (Å²) in [4.78, 5) is 13.4. The minimum Gasteiger partial charge on any atom is -0.349 e. The summed E-state index contributed by atoms with van der Waals surface area (Å²) in [6.45, 7) is 0.570. The topological polar surface area (TPSA) is 72.7 Å². The van der Waals surface area contributed by atoms with Crippen LogP contribution in [0.1, 0.15) is 22.6 Å². The number of amides is 1. The normalized spacial score (nSPS) is 10.5. The zero-order valence-electron chi connectivity index (χ0n) is 12.9. The lowest BCUT2D eigenvalue weighted by molar-refractivity contribution is 0.0942. The molecule has 122 valence electrons. The molecule has 1 N–H and O–H groups in total. The molecule has 0 fully saturated rings. The monoisotopic (exact) mass is 385 g/mol. The molecule has 6 nitrogen and oxygen atoms in total. The van der Waals surface area contributed by atoms with Gasteiger partial charge in [-0.15, -0.1) is 15.0 Å². The highest BCUT2D eigenvalue weighted by Gasteiger charge is 2.12. The van der Waals surface area contributed by atoms with Gasteiger partial charge in [0.1, 0.15) is 0 Å². The molecule has 0 saturated carbocycles. The Balaban J connectivity index is 1.51. The van der Waals surface area contributed by atoms with Gasteiger partial charge in [-0.25, -0.2) is 0 Å². The van der Waals surface area contributed by atoms with Crippen LogP contribution in [0.15, 0.2) is 59.1 Å². The van der Waals surface area contributed by atoms with E-state index in [4.69, 9.17) is 0 Å². The van der Waals surface area contributed by atoms with Crippen LogP contribution < -0.4 is 5.32 Å². The smallest absolute Gasteiger partial charge is 0.292 e. The zero-order valence-corrected chi connectivity index (χ0v) is 14.5. The maximum Gasteiger partial charge on any atom is 0.292 e. The highest BCUT2D eigenvalue weighted by molar-refractivity contribution is 9.10. The van der Waals surface area contributed by atoms with Crippen LogP contribution in [0.25, 0.3) is 5.69 Å². The SMILES string of the molecule is O=C(NCCCc1ccccc1)c1nnn(-c2ccc(Br)cc2)n1.